The van der Waals surface area contributed by atoms with Gasteiger partial charge >= 0.3 is 0 Å². The molecule has 0 aliphatic rings. The number of hydrogen-bond acceptors (Lipinski definition) is 4. The molecule has 3 rings (SSSR count). The van der Waals surface area contributed by atoms with Gasteiger partial charge in [-0.05, 0) is 55.0 Å². The van der Waals surface area contributed by atoms with Crippen LogP contribution in [0.5, 0.6) is 0 Å². The van der Waals surface area contributed by atoms with Gasteiger partial charge in [0.05, 0.1) is 20.6 Å². The molecule has 0 aliphatic carbocycles. The molecule has 3 aromatic carbocycles. The van der Waals surface area contributed by atoms with E-state index in [-0.39, 0.29) is 17.3 Å². The van der Waals surface area contributed by atoms with Crippen molar-refractivity contribution in [2.24, 2.45) is 0 Å². The SMILES string of the molecule is Cc1ccc(S(=O)(=O)N(CC(=O)NCCSCc2ccc(Cl)c(Cl)c2)c2cccc(Br)c2)cc1. The summed E-state index contributed by atoms with van der Waals surface area (Å²) in [6.45, 7) is 1.96. The van der Waals surface area contributed by atoms with E-state index in [1.807, 2.05) is 19.1 Å². The van der Waals surface area contributed by atoms with Gasteiger partial charge in [-0.3, -0.25) is 9.10 Å². The minimum absolute atomic E-state index is 0.128. The van der Waals surface area contributed by atoms with Gasteiger partial charge < -0.3 is 5.32 Å². The van der Waals surface area contributed by atoms with Crippen LogP contribution in [0, 0.1) is 6.92 Å². The predicted molar refractivity (Wildman–Crippen MR) is 145 cm³/mol. The van der Waals surface area contributed by atoms with Crippen LogP contribution < -0.4 is 9.62 Å². The number of thioether (sulfide) groups is 1. The van der Waals surface area contributed by atoms with Crippen LogP contribution >= 0.6 is 50.9 Å². The molecule has 0 radical (unpaired) electrons. The summed E-state index contributed by atoms with van der Waals surface area (Å²) in [4.78, 5) is 12.8. The van der Waals surface area contributed by atoms with Gasteiger partial charge in [-0.1, -0.05) is 69.0 Å². The van der Waals surface area contributed by atoms with Gasteiger partial charge in [-0.25, -0.2) is 8.42 Å². The van der Waals surface area contributed by atoms with Crippen molar-refractivity contribution in [3.63, 3.8) is 0 Å². The minimum Gasteiger partial charge on any atom is -0.354 e. The third kappa shape index (κ3) is 7.39. The maximum atomic E-state index is 13.4. The molecule has 10 heteroatoms. The Morgan fingerprint density at radius 2 is 1.76 bits per heavy atom. The Bertz CT molecular complexity index is 1260. The molecule has 0 aliphatic heterocycles. The second kappa shape index (κ2) is 12.3. The fourth-order valence-electron chi connectivity index (χ4n) is 3.05. The second-order valence-electron chi connectivity index (χ2n) is 7.46. The number of rotatable bonds is 10. The number of sulfonamides is 1. The number of nitrogens with zero attached hydrogens (tertiary/aromatic N) is 1. The fraction of sp³-hybridized carbons (Fsp3) is 0.208. The Kier molecular flexibility index (Phi) is 9.74. The molecule has 0 saturated heterocycles. The predicted octanol–water partition coefficient (Wildman–Crippen LogP) is 6.31. The largest absolute Gasteiger partial charge is 0.354 e. The molecule has 5 nitrogen and oxygen atoms in total. The summed E-state index contributed by atoms with van der Waals surface area (Å²) in [6.07, 6.45) is 0. The van der Waals surface area contributed by atoms with Crippen molar-refractivity contribution in [3.8, 4) is 0 Å². The number of carbonyl (C=O) groups excluding carboxylic acids is 1. The molecule has 180 valence electrons. The van der Waals surface area contributed by atoms with Gasteiger partial charge in [0, 0.05) is 22.5 Å². The van der Waals surface area contributed by atoms with Crippen molar-refractivity contribution in [1.82, 2.24) is 5.32 Å². The Balaban J connectivity index is 1.63. The summed E-state index contributed by atoms with van der Waals surface area (Å²) in [7, 11) is -3.94. The lowest BCUT2D eigenvalue weighted by molar-refractivity contribution is -0.119. The molecule has 1 N–H and O–H groups in total. The number of anilines is 1. The summed E-state index contributed by atoms with van der Waals surface area (Å²) in [5.41, 5.74) is 2.39. The van der Waals surface area contributed by atoms with E-state index in [0.717, 1.165) is 21.2 Å². The molecule has 0 saturated carbocycles. The monoisotopic (exact) mass is 600 g/mol. The lowest BCUT2D eigenvalue weighted by Gasteiger charge is -2.24. The molecular weight excluding hydrogens is 579 g/mol. The van der Waals surface area contributed by atoms with Crippen LogP contribution in [0.2, 0.25) is 10.0 Å². The number of amides is 1. The number of nitrogens with one attached hydrogen (secondary N) is 1. The van der Waals surface area contributed by atoms with Gasteiger partial charge in [-0.15, -0.1) is 0 Å². The lowest BCUT2D eigenvalue weighted by atomic mass is 10.2. The zero-order valence-corrected chi connectivity index (χ0v) is 23.0. The van der Waals surface area contributed by atoms with E-state index in [1.165, 1.54) is 0 Å². The van der Waals surface area contributed by atoms with Crippen LogP contribution in [0.3, 0.4) is 0 Å². The van der Waals surface area contributed by atoms with Crippen molar-refractivity contribution < 1.29 is 13.2 Å². The minimum atomic E-state index is -3.94. The number of benzene rings is 3. The molecule has 3 aromatic rings. The van der Waals surface area contributed by atoms with Crippen LogP contribution in [0.1, 0.15) is 11.1 Å². The van der Waals surface area contributed by atoms with Crippen LogP contribution in [-0.2, 0) is 20.6 Å². The topological polar surface area (TPSA) is 66.5 Å². The third-order valence-electron chi connectivity index (χ3n) is 4.81. The highest BCUT2D eigenvalue weighted by molar-refractivity contribution is 9.10. The average Bonchev–Trinajstić information content (AvgIpc) is 2.79. The van der Waals surface area contributed by atoms with Gasteiger partial charge in [0.1, 0.15) is 6.54 Å². The third-order valence-corrected chi connectivity index (χ3v) is 8.86. The molecule has 0 heterocycles. The van der Waals surface area contributed by atoms with E-state index in [2.05, 4.69) is 21.2 Å². The summed E-state index contributed by atoms with van der Waals surface area (Å²) < 4.78 is 28.6. The van der Waals surface area contributed by atoms with Crippen LogP contribution in [0.25, 0.3) is 0 Å². The van der Waals surface area contributed by atoms with Crippen molar-refractivity contribution in [1.29, 1.82) is 0 Å². The standard InChI is InChI=1S/C24H23BrCl2N2O3S2/c1-17-5-8-21(9-6-17)34(31,32)29(20-4-2-3-19(25)14-20)15-24(30)28-11-12-33-16-18-7-10-22(26)23(27)13-18/h2-10,13-14H,11-12,15-16H2,1H3,(H,28,30). The molecule has 0 fully saturated rings. The van der Waals surface area contributed by atoms with Gasteiger partial charge in [0.15, 0.2) is 0 Å². The van der Waals surface area contributed by atoms with Crippen molar-refractivity contribution >= 4 is 72.5 Å². The normalized spacial score (nSPS) is 11.3. The van der Waals surface area contributed by atoms with Crippen LogP contribution in [0.15, 0.2) is 76.1 Å². The summed E-state index contributed by atoms with van der Waals surface area (Å²) in [5, 5.41) is 3.83. The summed E-state index contributed by atoms with van der Waals surface area (Å²) in [5.74, 6) is 0.998. The smallest absolute Gasteiger partial charge is 0.264 e. The van der Waals surface area contributed by atoms with E-state index in [9.17, 15) is 13.2 Å². The highest BCUT2D eigenvalue weighted by atomic mass is 79.9. The van der Waals surface area contributed by atoms with Gasteiger partial charge in [0.2, 0.25) is 5.91 Å². The molecule has 34 heavy (non-hydrogen) atoms. The van der Waals surface area contributed by atoms with Crippen molar-refractivity contribution in [2.45, 2.75) is 17.6 Å². The van der Waals surface area contributed by atoms with Gasteiger partial charge in [-0.2, -0.15) is 11.8 Å². The number of halogens is 3. The second-order valence-corrected chi connectivity index (χ2v) is 12.2. The van der Waals surface area contributed by atoms with E-state index in [1.54, 1.807) is 66.4 Å². The quantitative estimate of drug-likeness (QED) is 0.277. The van der Waals surface area contributed by atoms with E-state index in [0.29, 0.717) is 32.5 Å². The Hall–Kier alpha value is -1.71. The summed E-state index contributed by atoms with van der Waals surface area (Å²) >= 11 is 17.0. The molecule has 0 atom stereocenters. The molecule has 0 aromatic heterocycles. The number of aryl methyl sites for hydroxylation is 1. The summed E-state index contributed by atoms with van der Waals surface area (Å²) in [6, 6.07) is 18.9. The first-order valence-electron chi connectivity index (χ1n) is 10.3. The van der Waals surface area contributed by atoms with Crippen LogP contribution in [-0.4, -0.2) is 33.2 Å². The van der Waals surface area contributed by atoms with E-state index < -0.39 is 10.0 Å². The molecule has 0 unspecified atom stereocenters. The highest BCUT2D eigenvalue weighted by Gasteiger charge is 2.27. The first-order valence-corrected chi connectivity index (χ1v) is 14.4. The first-order chi connectivity index (χ1) is 16.2. The zero-order valence-electron chi connectivity index (χ0n) is 18.3. The number of carbonyl (C=O) groups is 1. The van der Waals surface area contributed by atoms with Crippen molar-refractivity contribution in [2.75, 3.05) is 23.1 Å². The molecule has 0 spiro atoms. The lowest BCUT2D eigenvalue weighted by Crippen LogP contribution is -2.41. The highest BCUT2D eigenvalue weighted by Crippen LogP contribution is 2.27. The van der Waals surface area contributed by atoms with Crippen LogP contribution in [0.4, 0.5) is 5.69 Å². The van der Waals surface area contributed by atoms with Gasteiger partial charge in [0.25, 0.3) is 10.0 Å². The fourth-order valence-corrected chi connectivity index (χ4v) is 5.98. The Morgan fingerprint density at radius 3 is 2.44 bits per heavy atom. The number of hydrogen-bond donors (Lipinski definition) is 1. The zero-order chi connectivity index (χ0) is 24.7. The average molecular weight is 602 g/mol. The van der Waals surface area contributed by atoms with E-state index >= 15 is 0 Å². The maximum Gasteiger partial charge on any atom is 0.264 e. The van der Waals surface area contributed by atoms with Crippen molar-refractivity contribution in [3.05, 3.63) is 92.4 Å². The Morgan fingerprint density at radius 1 is 1.03 bits per heavy atom. The maximum absolute atomic E-state index is 13.4. The first kappa shape index (κ1) is 26.9. The molecule has 0 bridgehead atoms. The van der Waals surface area contributed by atoms with E-state index in [4.69, 9.17) is 23.2 Å². The Labute approximate surface area is 223 Å². The molecule has 1 amide bonds. The molecular formula is C24H23BrCl2N2O3S2.